The molecule has 0 fully saturated rings. The Morgan fingerprint density at radius 2 is 1.17 bits per heavy atom. The first-order valence-corrected chi connectivity index (χ1v) is 10.1. The van der Waals surface area contributed by atoms with Gasteiger partial charge >= 0.3 is 15.6 Å². The average Bonchev–Trinajstić information content (AvgIpc) is 2.61. The Balaban J connectivity index is 0.000000431. The topological polar surface area (TPSA) is 54.4 Å². The molecule has 162 valence electrons. The number of benzene rings is 3. The van der Waals surface area contributed by atoms with Gasteiger partial charge in [0.25, 0.3) is 0 Å². The van der Waals surface area contributed by atoms with E-state index in [9.17, 15) is 13.2 Å². The Morgan fingerprint density at radius 3 is 1.60 bits per heavy atom. The molecular weight excluding hydrogens is 433 g/mol. The summed E-state index contributed by atoms with van der Waals surface area (Å²) in [6.07, 6.45) is 0. The van der Waals surface area contributed by atoms with E-state index in [1.54, 1.807) is 0 Å². The number of aryl methyl sites for hydroxylation is 3. The van der Waals surface area contributed by atoms with Crippen molar-refractivity contribution in [3.8, 4) is 22.3 Å². The molecule has 0 radical (unpaired) electrons. The largest absolute Gasteiger partial charge is 0.522 e. The van der Waals surface area contributed by atoms with Crippen molar-refractivity contribution in [1.82, 2.24) is 0 Å². The fourth-order valence-electron chi connectivity index (χ4n) is 3.18. The maximum atomic E-state index is 10.7. The molecule has 0 unspecified atom stereocenters. The van der Waals surface area contributed by atoms with Gasteiger partial charge in [-0.25, -0.2) is 0 Å². The summed E-state index contributed by atoms with van der Waals surface area (Å²) in [5.41, 5.74) is 3.73. The van der Waals surface area contributed by atoms with E-state index in [0.717, 1.165) is 0 Å². The molecule has 8 heteroatoms. The first-order chi connectivity index (χ1) is 13.4. The van der Waals surface area contributed by atoms with Crippen molar-refractivity contribution in [3.63, 3.8) is 0 Å². The molecule has 0 aliphatic heterocycles. The molecule has 3 nitrogen and oxygen atoms in total. The molecule has 0 saturated carbocycles. The molecule has 3 rings (SSSR count). The third kappa shape index (κ3) is 6.35. The number of alkyl halides is 3. The van der Waals surface area contributed by atoms with E-state index in [1.165, 1.54) is 38.9 Å². The average molecular weight is 457 g/mol. The lowest BCUT2D eigenvalue weighted by Crippen LogP contribution is -2.21. The Bertz CT molecular complexity index is 1070. The summed E-state index contributed by atoms with van der Waals surface area (Å²) in [5.74, 6) is 0. The minimum absolute atomic E-state index is 0. The monoisotopic (exact) mass is 456 g/mol. The quantitative estimate of drug-likeness (QED) is 0.356. The summed E-state index contributed by atoms with van der Waals surface area (Å²) in [5, 5.41) is 0. The molecule has 0 aliphatic carbocycles. The van der Waals surface area contributed by atoms with Crippen LogP contribution in [0.4, 0.5) is 13.2 Å². The highest BCUT2D eigenvalue weighted by molar-refractivity contribution is 7.86. The summed E-state index contributed by atoms with van der Waals surface area (Å²) in [6, 6.07) is 23.8. The summed E-state index contributed by atoms with van der Waals surface area (Å²) >= 11 is 0. The van der Waals surface area contributed by atoms with Gasteiger partial charge in [0.1, 0.15) is 0 Å². The second-order valence-electron chi connectivity index (χ2n) is 6.61. The first-order valence-electron chi connectivity index (χ1n) is 8.68. The van der Waals surface area contributed by atoms with Crippen LogP contribution in [0.1, 0.15) is 16.7 Å². The summed E-state index contributed by atoms with van der Waals surface area (Å²) in [4.78, 5) is 0. The van der Waals surface area contributed by atoms with Crippen LogP contribution in [0.2, 0.25) is 0 Å². The van der Waals surface area contributed by atoms with Crippen LogP contribution in [0.25, 0.3) is 22.3 Å². The molecule has 3 aromatic carbocycles. The van der Waals surface area contributed by atoms with Gasteiger partial charge in [-0.15, -0.1) is 0 Å². The van der Waals surface area contributed by atoms with Crippen LogP contribution in [0.5, 0.6) is 0 Å². The molecule has 0 heterocycles. The van der Waals surface area contributed by atoms with E-state index >= 15 is 0 Å². The SMILES string of the molecule is Cc1cc(C)c(-c2ccccc2-c2ccccc2)c(C)c1.O=S(=O)(O)C(F)(F)F.S. The van der Waals surface area contributed by atoms with Crippen molar-refractivity contribution in [2.75, 3.05) is 0 Å². The highest BCUT2D eigenvalue weighted by atomic mass is 32.2. The van der Waals surface area contributed by atoms with Gasteiger partial charge in [0.2, 0.25) is 0 Å². The zero-order chi connectivity index (χ0) is 21.8. The van der Waals surface area contributed by atoms with Gasteiger partial charge in [0.15, 0.2) is 0 Å². The van der Waals surface area contributed by atoms with Gasteiger partial charge in [0, 0.05) is 0 Å². The van der Waals surface area contributed by atoms with E-state index in [2.05, 4.69) is 87.5 Å². The van der Waals surface area contributed by atoms with Crippen LogP contribution in [0, 0.1) is 20.8 Å². The van der Waals surface area contributed by atoms with Gasteiger partial charge < -0.3 is 0 Å². The summed E-state index contributed by atoms with van der Waals surface area (Å²) < 4.78 is 57.5. The lowest BCUT2D eigenvalue weighted by molar-refractivity contribution is -0.0510. The van der Waals surface area contributed by atoms with Gasteiger partial charge in [-0.3, -0.25) is 4.55 Å². The third-order valence-corrected chi connectivity index (χ3v) is 4.84. The Morgan fingerprint density at radius 1 is 0.767 bits per heavy atom. The molecule has 30 heavy (non-hydrogen) atoms. The van der Waals surface area contributed by atoms with E-state index in [-0.39, 0.29) is 13.5 Å². The van der Waals surface area contributed by atoms with E-state index in [4.69, 9.17) is 13.0 Å². The zero-order valence-corrected chi connectivity index (χ0v) is 18.5. The molecule has 0 spiro atoms. The van der Waals surface area contributed by atoms with Crippen molar-refractivity contribution in [2.45, 2.75) is 26.3 Å². The molecule has 0 bridgehead atoms. The van der Waals surface area contributed by atoms with Crippen LogP contribution in [-0.2, 0) is 10.1 Å². The fourth-order valence-corrected chi connectivity index (χ4v) is 3.18. The fraction of sp³-hybridized carbons (Fsp3) is 0.182. The third-order valence-electron chi connectivity index (χ3n) is 4.25. The second kappa shape index (κ2) is 10.1. The number of hydrogen-bond acceptors (Lipinski definition) is 2. The van der Waals surface area contributed by atoms with Crippen molar-refractivity contribution in [1.29, 1.82) is 0 Å². The van der Waals surface area contributed by atoms with E-state index in [1.807, 2.05) is 0 Å². The van der Waals surface area contributed by atoms with Crippen molar-refractivity contribution < 1.29 is 26.1 Å². The minimum Gasteiger partial charge on any atom is -0.279 e. The van der Waals surface area contributed by atoms with Crippen LogP contribution in [0.15, 0.2) is 66.7 Å². The standard InChI is InChI=1S/C21H20.CHF3O3S.H2S/c1-15-13-16(2)21(17(3)14-15)20-12-8-7-11-19(20)18-9-5-4-6-10-18;2-1(3,4)8(5,6)7;/h4-14H,1-3H3;(H,5,6,7);1H2. The zero-order valence-electron chi connectivity index (χ0n) is 16.7. The Hall–Kier alpha value is -2.29. The summed E-state index contributed by atoms with van der Waals surface area (Å²) in [7, 11) is -5.84. The summed E-state index contributed by atoms with van der Waals surface area (Å²) in [6.45, 7) is 6.57. The highest BCUT2D eigenvalue weighted by Crippen LogP contribution is 2.36. The predicted molar refractivity (Wildman–Crippen MR) is 120 cm³/mol. The van der Waals surface area contributed by atoms with Crippen molar-refractivity contribution in [2.24, 2.45) is 0 Å². The molecule has 0 aliphatic rings. The molecule has 1 N–H and O–H groups in total. The Kier molecular flexibility index (Phi) is 8.71. The van der Waals surface area contributed by atoms with Crippen molar-refractivity contribution in [3.05, 3.63) is 83.4 Å². The number of hydrogen-bond donors (Lipinski definition) is 1. The molecule has 0 atom stereocenters. The van der Waals surface area contributed by atoms with E-state index < -0.39 is 15.6 Å². The first kappa shape index (κ1) is 25.7. The maximum Gasteiger partial charge on any atom is 0.522 e. The smallest absolute Gasteiger partial charge is 0.279 e. The van der Waals surface area contributed by atoms with E-state index in [0.29, 0.717) is 0 Å². The van der Waals surface area contributed by atoms with Gasteiger partial charge in [-0.1, -0.05) is 72.3 Å². The minimum atomic E-state index is -5.84. The lowest BCUT2D eigenvalue weighted by atomic mass is 9.88. The van der Waals surface area contributed by atoms with Gasteiger partial charge in [0.05, 0.1) is 0 Å². The van der Waals surface area contributed by atoms with Crippen LogP contribution in [0.3, 0.4) is 0 Å². The molecule has 0 saturated heterocycles. The van der Waals surface area contributed by atoms with Gasteiger partial charge in [-0.2, -0.15) is 35.1 Å². The van der Waals surface area contributed by atoms with Crippen LogP contribution in [-0.4, -0.2) is 18.5 Å². The molecule has 3 aromatic rings. The lowest BCUT2D eigenvalue weighted by Gasteiger charge is -2.16. The maximum absolute atomic E-state index is 10.7. The molecule has 0 amide bonds. The van der Waals surface area contributed by atoms with Crippen molar-refractivity contribution >= 4 is 23.6 Å². The highest BCUT2D eigenvalue weighted by Gasteiger charge is 2.44. The van der Waals surface area contributed by atoms with Gasteiger partial charge in [-0.05, 0) is 54.2 Å². The normalized spacial score (nSPS) is 11.2. The van der Waals surface area contributed by atoms with Crippen LogP contribution < -0.4 is 0 Å². The predicted octanol–water partition coefficient (Wildman–Crippen LogP) is 6.45. The molecule has 0 aromatic heterocycles. The molecular formula is C22H23F3O3S2. The number of halogens is 3. The van der Waals surface area contributed by atoms with Crippen LogP contribution >= 0.6 is 13.5 Å². The number of rotatable bonds is 2. The Labute approximate surface area is 181 Å². The second-order valence-corrected chi connectivity index (χ2v) is 8.02.